The minimum Gasteiger partial charge on any atom is -0.396 e. The van der Waals surface area contributed by atoms with Crippen LogP contribution in [0.2, 0.25) is 0 Å². The van der Waals surface area contributed by atoms with E-state index < -0.39 is 0 Å². The van der Waals surface area contributed by atoms with Gasteiger partial charge in [-0.05, 0) is 38.2 Å². The van der Waals surface area contributed by atoms with Gasteiger partial charge in [0.05, 0.1) is 13.0 Å². The summed E-state index contributed by atoms with van der Waals surface area (Å²) in [5.74, 6) is 0.0241. The van der Waals surface area contributed by atoms with Crippen molar-refractivity contribution in [2.45, 2.75) is 39.0 Å². The van der Waals surface area contributed by atoms with Crippen LogP contribution in [0.3, 0.4) is 0 Å². The lowest BCUT2D eigenvalue weighted by atomic mass is 9.76. The van der Waals surface area contributed by atoms with Crippen molar-refractivity contribution < 1.29 is 14.5 Å². The van der Waals surface area contributed by atoms with E-state index >= 15 is 0 Å². The van der Waals surface area contributed by atoms with Crippen molar-refractivity contribution in [1.82, 2.24) is 15.2 Å². The molecule has 0 saturated carbocycles. The predicted molar refractivity (Wildman–Crippen MR) is 92.8 cm³/mol. The number of carbonyl (C=O) groups excluding carboxylic acids is 1. The summed E-state index contributed by atoms with van der Waals surface area (Å²) in [5, 5.41) is 17.6. The Labute approximate surface area is 147 Å². The van der Waals surface area contributed by atoms with Crippen molar-refractivity contribution >= 4 is 5.91 Å². The first kappa shape index (κ1) is 17.6. The molecule has 1 aromatic carbocycles. The molecule has 2 heterocycles. The number of aliphatic hydroxyl groups excluding tert-OH is 1. The fourth-order valence-corrected chi connectivity index (χ4v) is 3.55. The van der Waals surface area contributed by atoms with Gasteiger partial charge in [-0.3, -0.25) is 4.79 Å². The number of likely N-dealkylation sites (tertiary alicyclic amines) is 1. The molecular weight excluding hydrogens is 318 g/mol. The van der Waals surface area contributed by atoms with Gasteiger partial charge in [-0.15, -0.1) is 0 Å². The second-order valence-electron chi connectivity index (χ2n) is 7.04. The number of carbonyl (C=O) groups is 1. The van der Waals surface area contributed by atoms with E-state index in [0.29, 0.717) is 17.9 Å². The maximum atomic E-state index is 12.6. The van der Waals surface area contributed by atoms with Gasteiger partial charge in [0, 0.05) is 18.5 Å². The third-order valence-corrected chi connectivity index (χ3v) is 5.20. The highest BCUT2D eigenvalue weighted by Gasteiger charge is 2.36. The molecule has 1 fully saturated rings. The molecule has 0 bridgehead atoms. The molecule has 6 heteroatoms. The third kappa shape index (κ3) is 4.25. The van der Waals surface area contributed by atoms with Gasteiger partial charge in [-0.1, -0.05) is 40.6 Å². The van der Waals surface area contributed by atoms with E-state index in [1.54, 1.807) is 6.92 Å². The van der Waals surface area contributed by atoms with Crippen LogP contribution in [0.15, 0.2) is 35.0 Å². The smallest absolute Gasteiger partial charge is 0.228 e. The summed E-state index contributed by atoms with van der Waals surface area (Å²) >= 11 is 0. The Morgan fingerprint density at radius 3 is 2.80 bits per heavy atom. The van der Waals surface area contributed by atoms with Gasteiger partial charge < -0.3 is 10.0 Å². The molecule has 1 aliphatic rings. The molecule has 134 valence electrons. The quantitative estimate of drug-likeness (QED) is 0.869. The highest BCUT2D eigenvalue weighted by atomic mass is 16.6. The summed E-state index contributed by atoms with van der Waals surface area (Å²) in [5.41, 5.74) is 2.29. The van der Waals surface area contributed by atoms with E-state index in [-0.39, 0.29) is 24.3 Å². The van der Waals surface area contributed by atoms with Gasteiger partial charge >= 0.3 is 0 Å². The SMILES string of the molecule is Cc1nonc1CC(=O)N1CCC[C@](CO)(CCc2ccccc2)C1. The Bertz CT molecular complexity index is 701. The first-order valence-corrected chi connectivity index (χ1v) is 8.82. The van der Waals surface area contributed by atoms with Crippen LogP contribution in [-0.2, 0) is 17.6 Å². The van der Waals surface area contributed by atoms with Gasteiger partial charge in [-0.25, -0.2) is 4.63 Å². The van der Waals surface area contributed by atoms with Crippen molar-refractivity contribution in [3.8, 4) is 0 Å². The standard InChI is InChI=1S/C19H25N3O3/c1-15-17(21-25-20-15)12-18(24)22-11-5-9-19(13-22,14-23)10-8-16-6-3-2-4-7-16/h2-4,6-7,23H,5,8-14H2,1H3/t19-/m0/s1. The van der Waals surface area contributed by atoms with E-state index in [9.17, 15) is 9.90 Å². The number of rotatable bonds is 6. The number of aromatic nitrogens is 2. The number of benzene rings is 1. The van der Waals surface area contributed by atoms with E-state index in [2.05, 4.69) is 27.1 Å². The maximum Gasteiger partial charge on any atom is 0.228 e. The number of piperidine rings is 1. The predicted octanol–water partition coefficient (Wildman–Crippen LogP) is 2.15. The van der Waals surface area contributed by atoms with Crippen LogP contribution in [-0.4, -0.2) is 45.9 Å². The van der Waals surface area contributed by atoms with Crippen LogP contribution in [0, 0.1) is 12.3 Å². The van der Waals surface area contributed by atoms with Crippen molar-refractivity contribution in [3.63, 3.8) is 0 Å². The summed E-state index contributed by atoms with van der Waals surface area (Å²) in [6.07, 6.45) is 3.86. The molecule has 6 nitrogen and oxygen atoms in total. The van der Waals surface area contributed by atoms with Crippen molar-refractivity contribution in [2.75, 3.05) is 19.7 Å². The van der Waals surface area contributed by atoms with Gasteiger partial charge in [0.2, 0.25) is 5.91 Å². The van der Waals surface area contributed by atoms with Crippen LogP contribution < -0.4 is 0 Å². The molecule has 1 N–H and O–H groups in total. The fraction of sp³-hybridized carbons (Fsp3) is 0.526. The monoisotopic (exact) mass is 343 g/mol. The zero-order chi connectivity index (χ0) is 17.7. The Hall–Kier alpha value is -2.21. The second kappa shape index (κ2) is 7.78. The van der Waals surface area contributed by atoms with Crippen molar-refractivity contribution in [3.05, 3.63) is 47.3 Å². The lowest BCUT2D eigenvalue weighted by Gasteiger charge is -2.42. The molecule has 0 spiro atoms. The Morgan fingerprint density at radius 2 is 2.12 bits per heavy atom. The van der Waals surface area contributed by atoms with Gasteiger partial charge in [0.1, 0.15) is 11.4 Å². The topological polar surface area (TPSA) is 79.5 Å². The average molecular weight is 343 g/mol. The van der Waals surface area contributed by atoms with Crippen LogP contribution in [0.25, 0.3) is 0 Å². The highest BCUT2D eigenvalue weighted by molar-refractivity contribution is 5.78. The Kier molecular flexibility index (Phi) is 5.48. The fourth-order valence-electron chi connectivity index (χ4n) is 3.55. The first-order chi connectivity index (χ1) is 12.1. The van der Waals surface area contributed by atoms with E-state index in [1.807, 2.05) is 23.1 Å². The number of hydrogen-bond acceptors (Lipinski definition) is 5. The molecule has 0 radical (unpaired) electrons. The lowest BCUT2D eigenvalue weighted by molar-refractivity contribution is -0.135. The highest BCUT2D eigenvalue weighted by Crippen LogP contribution is 2.34. The van der Waals surface area contributed by atoms with Crippen LogP contribution in [0.1, 0.15) is 36.2 Å². The number of aryl methyl sites for hydroxylation is 2. The van der Waals surface area contributed by atoms with Crippen LogP contribution in [0.4, 0.5) is 0 Å². The minimum atomic E-state index is -0.221. The molecule has 3 rings (SSSR count). The number of aliphatic hydroxyl groups is 1. The molecule has 0 aliphatic carbocycles. The van der Waals surface area contributed by atoms with Gasteiger partial charge in [0.15, 0.2) is 0 Å². The molecule has 25 heavy (non-hydrogen) atoms. The van der Waals surface area contributed by atoms with Gasteiger partial charge in [0.25, 0.3) is 0 Å². The first-order valence-electron chi connectivity index (χ1n) is 8.82. The third-order valence-electron chi connectivity index (χ3n) is 5.20. The van der Waals surface area contributed by atoms with Crippen molar-refractivity contribution in [2.24, 2.45) is 5.41 Å². The zero-order valence-electron chi connectivity index (χ0n) is 14.6. The number of hydrogen-bond donors (Lipinski definition) is 1. The maximum absolute atomic E-state index is 12.6. The molecule has 1 aromatic heterocycles. The van der Waals surface area contributed by atoms with E-state index in [0.717, 1.165) is 32.2 Å². The lowest BCUT2D eigenvalue weighted by Crippen LogP contribution is -2.48. The normalized spacial score (nSPS) is 20.6. The molecule has 1 aliphatic heterocycles. The number of nitrogens with zero attached hydrogens (tertiary/aromatic N) is 3. The summed E-state index contributed by atoms with van der Waals surface area (Å²) < 4.78 is 4.67. The Morgan fingerprint density at radius 1 is 1.32 bits per heavy atom. The van der Waals surface area contributed by atoms with E-state index in [1.165, 1.54) is 5.56 Å². The molecular formula is C19H25N3O3. The van der Waals surface area contributed by atoms with Gasteiger partial charge in [-0.2, -0.15) is 0 Å². The molecule has 1 saturated heterocycles. The van der Waals surface area contributed by atoms with E-state index in [4.69, 9.17) is 0 Å². The molecule has 0 unspecified atom stereocenters. The largest absolute Gasteiger partial charge is 0.396 e. The second-order valence-corrected chi connectivity index (χ2v) is 7.04. The molecule has 2 aromatic rings. The average Bonchev–Trinajstić information content (AvgIpc) is 3.06. The van der Waals surface area contributed by atoms with Crippen LogP contribution >= 0.6 is 0 Å². The number of amides is 1. The van der Waals surface area contributed by atoms with Crippen LogP contribution in [0.5, 0.6) is 0 Å². The summed E-state index contributed by atoms with van der Waals surface area (Å²) in [7, 11) is 0. The zero-order valence-corrected chi connectivity index (χ0v) is 14.6. The van der Waals surface area contributed by atoms with Crippen molar-refractivity contribution in [1.29, 1.82) is 0 Å². The summed E-state index contributed by atoms with van der Waals surface area (Å²) in [6.45, 7) is 3.22. The molecule has 1 amide bonds. The molecule has 1 atom stereocenters. The Balaban J connectivity index is 1.63. The minimum absolute atomic E-state index is 0.0241. The summed E-state index contributed by atoms with van der Waals surface area (Å²) in [6, 6.07) is 10.3. The summed E-state index contributed by atoms with van der Waals surface area (Å²) in [4.78, 5) is 14.5.